The van der Waals surface area contributed by atoms with Crippen LogP contribution in [0.4, 0.5) is 4.39 Å². The topological polar surface area (TPSA) is 26.3 Å². The SMILES string of the molecule is COC(=O)C(C)(F)c1ccc(C)s1. The van der Waals surface area contributed by atoms with Gasteiger partial charge in [-0.1, -0.05) is 0 Å². The number of thiophene rings is 1. The van der Waals surface area contributed by atoms with E-state index in [0.29, 0.717) is 4.88 Å². The molecule has 1 aromatic rings. The smallest absolute Gasteiger partial charge is 0.348 e. The first-order valence-corrected chi connectivity index (χ1v) is 4.64. The molecule has 0 aliphatic rings. The minimum absolute atomic E-state index is 0.386. The number of carbonyl (C=O) groups excluding carboxylic acids is 1. The number of carbonyl (C=O) groups is 1. The number of aryl methyl sites for hydroxylation is 1. The molecule has 0 spiro atoms. The van der Waals surface area contributed by atoms with Crippen LogP contribution in [0, 0.1) is 6.92 Å². The van der Waals surface area contributed by atoms with Crippen molar-refractivity contribution < 1.29 is 13.9 Å². The van der Waals surface area contributed by atoms with Crippen molar-refractivity contribution in [2.24, 2.45) is 0 Å². The van der Waals surface area contributed by atoms with Crippen LogP contribution in [0.15, 0.2) is 12.1 Å². The van der Waals surface area contributed by atoms with Gasteiger partial charge in [0.25, 0.3) is 0 Å². The standard InChI is InChI=1S/C9H11FO2S/c1-6-4-5-7(13-6)9(2,10)8(11)12-3/h4-5H,1-3H3. The average molecular weight is 202 g/mol. The van der Waals surface area contributed by atoms with E-state index in [1.807, 2.05) is 6.92 Å². The summed E-state index contributed by atoms with van der Waals surface area (Å²) in [6.07, 6.45) is 0. The van der Waals surface area contributed by atoms with Gasteiger partial charge in [-0.2, -0.15) is 0 Å². The van der Waals surface area contributed by atoms with Gasteiger partial charge >= 0.3 is 5.97 Å². The molecule has 72 valence electrons. The summed E-state index contributed by atoms with van der Waals surface area (Å²) in [5.74, 6) is -0.852. The van der Waals surface area contributed by atoms with Gasteiger partial charge in [-0.3, -0.25) is 0 Å². The molecule has 0 saturated heterocycles. The quantitative estimate of drug-likeness (QED) is 0.688. The largest absolute Gasteiger partial charge is 0.466 e. The van der Waals surface area contributed by atoms with Crippen LogP contribution < -0.4 is 0 Å². The summed E-state index contributed by atoms with van der Waals surface area (Å²) < 4.78 is 18.1. The Bertz CT molecular complexity index is 317. The Balaban J connectivity index is 2.99. The van der Waals surface area contributed by atoms with Crippen LogP contribution in [0.5, 0.6) is 0 Å². The maximum Gasteiger partial charge on any atom is 0.348 e. The Kier molecular flexibility index (Phi) is 2.71. The van der Waals surface area contributed by atoms with Crippen molar-refractivity contribution in [1.29, 1.82) is 0 Å². The van der Waals surface area contributed by atoms with Gasteiger partial charge in [0.15, 0.2) is 0 Å². The first kappa shape index (κ1) is 10.2. The van der Waals surface area contributed by atoms with E-state index in [4.69, 9.17) is 0 Å². The van der Waals surface area contributed by atoms with E-state index in [2.05, 4.69) is 4.74 Å². The summed E-state index contributed by atoms with van der Waals surface area (Å²) in [5, 5.41) is 0. The Labute approximate surface area is 80.3 Å². The summed E-state index contributed by atoms with van der Waals surface area (Å²) in [7, 11) is 1.18. The van der Waals surface area contributed by atoms with E-state index >= 15 is 0 Å². The third kappa shape index (κ3) is 1.88. The van der Waals surface area contributed by atoms with Crippen LogP contribution in [0.1, 0.15) is 16.7 Å². The molecule has 1 aromatic heterocycles. The molecule has 0 radical (unpaired) electrons. The number of hydrogen-bond donors (Lipinski definition) is 0. The van der Waals surface area contributed by atoms with Gasteiger partial charge in [0.05, 0.1) is 12.0 Å². The number of methoxy groups -OCH3 is 1. The molecule has 0 bridgehead atoms. The normalized spacial score (nSPS) is 15.1. The van der Waals surface area contributed by atoms with Crippen molar-refractivity contribution in [2.75, 3.05) is 7.11 Å². The monoisotopic (exact) mass is 202 g/mol. The minimum Gasteiger partial charge on any atom is -0.466 e. The van der Waals surface area contributed by atoms with Gasteiger partial charge in [0.2, 0.25) is 5.67 Å². The number of esters is 1. The predicted molar refractivity (Wildman–Crippen MR) is 49.5 cm³/mol. The van der Waals surface area contributed by atoms with Crippen molar-refractivity contribution >= 4 is 17.3 Å². The van der Waals surface area contributed by atoms with Gasteiger partial charge < -0.3 is 4.74 Å². The van der Waals surface area contributed by atoms with Gasteiger partial charge in [-0.05, 0) is 26.0 Å². The Morgan fingerprint density at radius 3 is 2.62 bits per heavy atom. The fourth-order valence-electron chi connectivity index (χ4n) is 0.979. The van der Waals surface area contributed by atoms with Crippen molar-refractivity contribution in [3.8, 4) is 0 Å². The summed E-state index contributed by atoms with van der Waals surface area (Å²) >= 11 is 1.26. The van der Waals surface area contributed by atoms with Gasteiger partial charge in [0, 0.05) is 4.88 Å². The van der Waals surface area contributed by atoms with E-state index in [1.165, 1.54) is 25.4 Å². The highest BCUT2D eigenvalue weighted by molar-refractivity contribution is 7.12. The maximum absolute atomic E-state index is 13.8. The lowest BCUT2D eigenvalue weighted by Gasteiger charge is -2.14. The molecule has 0 fully saturated rings. The molecule has 1 atom stereocenters. The second-order valence-corrected chi connectivity index (χ2v) is 4.19. The van der Waals surface area contributed by atoms with Crippen molar-refractivity contribution in [2.45, 2.75) is 19.5 Å². The third-order valence-corrected chi connectivity index (χ3v) is 2.97. The zero-order valence-electron chi connectivity index (χ0n) is 7.76. The second-order valence-electron chi connectivity index (χ2n) is 2.90. The van der Waals surface area contributed by atoms with Crippen LogP contribution in [-0.2, 0) is 15.2 Å². The van der Waals surface area contributed by atoms with Gasteiger partial charge in [0.1, 0.15) is 0 Å². The van der Waals surface area contributed by atoms with E-state index in [0.717, 1.165) is 4.88 Å². The lowest BCUT2D eigenvalue weighted by Crippen LogP contribution is -2.27. The number of rotatable bonds is 2. The van der Waals surface area contributed by atoms with Crippen molar-refractivity contribution in [3.05, 3.63) is 21.9 Å². The molecule has 1 heterocycles. The third-order valence-electron chi connectivity index (χ3n) is 1.77. The van der Waals surface area contributed by atoms with Gasteiger partial charge in [-0.25, -0.2) is 9.18 Å². The lowest BCUT2D eigenvalue weighted by atomic mass is 10.1. The molecule has 0 amide bonds. The molecule has 0 aliphatic carbocycles. The summed E-state index contributed by atoms with van der Waals surface area (Å²) in [6, 6.07) is 3.39. The van der Waals surface area contributed by atoms with Crippen LogP contribution >= 0.6 is 11.3 Å². The van der Waals surface area contributed by atoms with E-state index in [1.54, 1.807) is 12.1 Å². The zero-order valence-corrected chi connectivity index (χ0v) is 8.57. The molecule has 1 unspecified atom stereocenters. The fraction of sp³-hybridized carbons (Fsp3) is 0.444. The molecule has 13 heavy (non-hydrogen) atoms. The van der Waals surface area contributed by atoms with Crippen LogP contribution in [0.2, 0.25) is 0 Å². The van der Waals surface area contributed by atoms with Gasteiger partial charge in [-0.15, -0.1) is 11.3 Å². The fourth-order valence-corrected chi connectivity index (χ4v) is 1.87. The van der Waals surface area contributed by atoms with E-state index in [9.17, 15) is 9.18 Å². The number of alkyl halides is 1. The van der Waals surface area contributed by atoms with Crippen molar-refractivity contribution in [1.82, 2.24) is 0 Å². The molecule has 1 rings (SSSR count). The highest BCUT2D eigenvalue weighted by Crippen LogP contribution is 2.32. The molecular weight excluding hydrogens is 191 g/mol. The predicted octanol–water partition coefficient (Wildman–Crippen LogP) is 2.41. The highest BCUT2D eigenvalue weighted by atomic mass is 32.1. The maximum atomic E-state index is 13.8. The minimum atomic E-state index is -2.02. The molecule has 0 saturated carbocycles. The molecule has 0 aromatic carbocycles. The van der Waals surface area contributed by atoms with Crippen LogP contribution in [0.3, 0.4) is 0 Å². The second kappa shape index (κ2) is 3.46. The Morgan fingerprint density at radius 2 is 2.23 bits per heavy atom. The molecule has 0 aliphatic heterocycles. The summed E-state index contributed by atoms with van der Waals surface area (Å²) in [6.45, 7) is 3.08. The number of halogens is 1. The summed E-state index contributed by atoms with van der Waals surface area (Å²) in [4.78, 5) is 12.4. The Morgan fingerprint density at radius 1 is 1.62 bits per heavy atom. The molecule has 2 nitrogen and oxygen atoms in total. The zero-order chi connectivity index (χ0) is 10.1. The lowest BCUT2D eigenvalue weighted by molar-refractivity contribution is -0.153. The van der Waals surface area contributed by atoms with E-state index in [-0.39, 0.29) is 0 Å². The number of ether oxygens (including phenoxy) is 1. The molecular formula is C9H11FO2S. The Hall–Kier alpha value is -0.900. The van der Waals surface area contributed by atoms with E-state index < -0.39 is 11.6 Å². The summed E-state index contributed by atoms with van der Waals surface area (Å²) in [5.41, 5.74) is -2.02. The first-order chi connectivity index (χ1) is 5.98. The highest BCUT2D eigenvalue weighted by Gasteiger charge is 2.37. The van der Waals surface area contributed by atoms with Crippen molar-refractivity contribution in [3.63, 3.8) is 0 Å². The molecule has 4 heteroatoms. The van der Waals surface area contributed by atoms with Crippen LogP contribution in [0.25, 0.3) is 0 Å². The average Bonchev–Trinajstić information content (AvgIpc) is 2.50. The van der Waals surface area contributed by atoms with Crippen LogP contribution in [-0.4, -0.2) is 13.1 Å². The first-order valence-electron chi connectivity index (χ1n) is 3.82. The number of hydrogen-bond acceptors (Lipinski definition) is 3. The molecule has 0 N–H and O–H groups in total.